The lowest BCUT2D eigenvalue weighted by Crippen LogP contribution is -2.11. The van der Waals surface area contributed by atoms with Gasteiger partial charge in [0.25, 0.3) is 0 Å². The Labute approximate surface area is 389 Å². The Hall–Kier alpha value is -6.50. The maximum absolute atomic E-state index is 2.56. The van der Waals surface area contributed by atoms with Crippen molar-refractivity contribution in [1.29, 1.82) is 0 Å². The third kappa shape index (κ3) is 5.83. The lowest BCUT2D eigenvalue weighted by Gasteiger charge is -2.26. The van der Waals surface area contributed by atoms with Crippen LogP contribution in [0.3, 0.4) is 0 Å². The van der Waals surface area contributed by atoms with Crippen molar-refractivity contribution in [3.8, 4) is 0 Å². The molecule has 12 aromatic carbocycles. The van der Waals surface area contributed by atoms with Gasteiger partial charge in [-0.25, -0.2) is 0 Å². The molecule has 0 radical (unpaired) electrons. The molecule has 12 rings (SSSR count). The van der Waals surface area contributed by atoms with Crippen LogP contribution < -0.4 is 0 Å². The molecule has 0 N–H and O–H groups in total. The Morgan fingerprint density at radius 1 is 0.197 bits per heavy atom. The summed E-state index contributed by atoms with van der Waals surface area (Å²) in [5.41, 5.74) is 5.38. The minimum Gasteiger partial charge on any atom is -0.0616 e. The van der Waals surface area contributed by atoms with Crippen LogP contribution in [0.25, 0.3) is 118 Å². The van der Waals surface area contributed by atoms with Crippen molar-refractivity contribution in [2.24, 2.45) is 0 Å². The molecule has 0 atom stereocenters. The second kappa shape index (κ2) is 13.5. The fraction of sp³-hybridized carbons (Fsp3) is 0.242. The number of hydrogen-bond acceptors (Lipinski definition) is 0. The van der Waals surface area contributed by atoms with Crippen molar-refractivity contribution >= 4 is 118 Å². The Morgan fingerprint density at radius 3 is 0.773 bits per heavy atom. The summed E-state index contributed by atoms with van der Waals surface area (Å²) in [4.78, 5) is 0. The largest absolute Gasteiger partial charge is 0.0616 e. The van der Waals surface area contributed by atoms with E-state index in [1.165, 1.54) is 141 Å². The standard InChI is InChI=1S/C66H60/c1-63(2,3)39-25-21-37-23-29-49-55(51(37)33-39)43-17-13-15-19-45(43)59-57(49)53-35-41(65(7,8)9)27-31-47(53)62-60-46-20-16-14-18-44(46)56-50(30-24-38-22-26-40(34-52(38)56)64(4,5)6)58(60)54-36-42(66(10,11)12)28-32-48(54)61(59)62/h13-36H,1-12H3. The second-order valence-electron chi connectivity index (χ2n) is 23.7. The second-order valence-corrected chi connectivity index (χ2v) is 23.7. The molecule has 0 aliphatic carbocycles. The Kier molecular flexibility index (Phi) is 8.41. The minimum absolute atomic E-state index is 0.0213. The van der Waals surface area contributed by atoms with E-state index in [0.29, 0.717) is 0 Å². The third-order valence-corrected chi connectivity index (χ3v) is 15.3. The Morgan fingerprint density at radius 2 is 0.439 bits per heavy atom. The van der Waals surface area contributed by atoms with E-state index < -0.39 is 0 Å². The molecule has 0 amide bonds. The highest BCUT2D eigenvalue weighted by atomic mass is 14.3. The van der Waals surface area contributed by atoms with Crippen LogP contribution >= 0.6 is 0 Å². The van der Waals surface area contributed by atoms with Gasteiger partial charge in [0.15, 0.2) is 0 Å². The van der Waals surface area contributed by atoms with E-state index in [1.54, 1.807) is 0 Å². The molecule has 324 valence electrons. The Balaban J connectivity index is 1.45. The maximum Gasteiger partial charge on any atom is -0.000718 e. The van der Waals surface area contributed by atoms with E-state index >= 15 is 0 Å². The number of benzene rings is 12. The first-order chi connectivity index (χ1) is 31.3. The number of rotatable bonds is 0. The highest BCUT2D eigenvalue weighted by molar-refractivity contribution is 6.51. The van der Waals surface area contributed by atoms with Gasteiger partial charge in [0.1, 0.15) is 0 Å². The van der Waals surface area contributed by atoms with Gasteiger partial charge in [-0.05, 0) is 187 Å². The lowest BCUT2D eigenvalue weighted by atomic mass is 9.77. The quantitative estimate of drug-likeness (QED) is 0.133. The van der Waals surface area contributed by atoms with Crippen LogP contribution in [0.5, 0.6) is 0 Å². The van der Waals surface area contributed by atoms with Crippen LogP contribution in [0.15, 0.2) is 146 Å². The summed E-state index contributed by atoms with van der Waals surface area (Å²) in [6.07, 6.45) is 0. The van der Waals surface area contributed by atoms with Crippen LogP contribution in [0.2, 0.25) is 0 Å². The van der Waals surface area contributed by atoms with Crippen molar-refractivity contribution < 1.29 is 0 Å². The predicted molar refractivity (Wildman–Crippen MR) is 294 cm³/mol. The monoisotopic (exact) mass is 852 g/mol. The molecule has 0 fully saturated rings. The molecule has 0 aliphatic rings. The summed E-state index contributed by atoms with van der Waals surface area (Å²) in [5.74, 6) is 0. The van der Waals surface area contributed by atoms with Crippen molar-refractivity contribution in [2.75, 3.05) is 0 Å². The van der Waals surface area contributed by atoms with Crippen molar-refractivity contribution in [1.82, 2.24) is 0 Å². The molecular weight excluding hydrogens is 793 g/mol. The molecule has 0 bridgehead atoms. The van der Waals surface area contributed by atoms with Gasteiger partial charge in [0.05, 0.1) is 0 Å². The average molecular weight is 853 g/mol. The molecule has 0 nitrogen and oxygen atoms in total. The molecule has 0 aliphatic heterocycles. The van der Waals surface area contributed by atoms with Crippen molar-refractivity contribution in [3.63, 3.8) is 0 Å². The van der Waals surface area contributed by atoms with Gasteiger partial charge in [-0.1, -0.05) is 204 Å². The van der Waals surface area contributed by atoms with Gasteiger partial charge in [0, 0.05) is 0 Å². The molecular formula is C66H60. The topological polar surface area (TPSA) is 0 Å². The predicted octanol–water partition coefficient (Wildman–Crippen LogP) is 19.6. The number of hydrogen-bond donors (Lipinski definition) is 0. The van der Waals surface area contributed by atoms with Crippen LogP contribution in [0.4, 0.5) is 0 Å². The van der Waals surface area contributed by atoms with E-state index in [2.05, 4.69) is 229 Å². The highest BCUT2D eigenvalue weighted by Gasteiger charge is 2.27. The molecule has 0 spiro atoms. The fourth-order valence-electron chi connectivity index (χ4n) is 11.7. The molecule has 0 aromatic heterocycles. The normalized spacial score (nSPS) is 13.5. The van der Waals surface area contributed by atoms with E-state index in [-0.39, 0.29) is 21.7 Å². The van der Waals surface area contributed by atoms with Gasteiger partial charge in [0.2, 0.25) is 0 Å². The van der Waals surface area contributed by atoms with Gasteiger partial charge in [-0.15, -0.1) is 0 Å². The lowest BCUT2D eigenvalue weighted by molar-refractivity contribution is 0.591. The van der Waals surface area contributed by atoms with Crippen LogP contribution in [-0.4, -0.2) is 0 Å². The first-order valence-electron chi connectivity index (χ1n) is 24.2. The van der Waals surface area contributed by atoms with E-state index in [0.717, 1.165) is 0 Å². The summed E-state index contributed by atoms with van der Waals surface area (Å²) in [7, 11) is 0. The maximum atomic E-state index is 2.56. The first-order valence-corrected chi connectivity index (χ1v) is 24.2. The Bertz CT molecular complexity index is 3840. The zero-order valence-corrected chi connectivity index (χ0v) is 40.9. The third-order valence-electron chi connectivity index (χ3n) is 15.3. The molecule has 66 heavy (non-hydrogen) atoms. The molecule has 0 unspecified atom stereocenters. The minimum atomic E-state index is -0.0406. The van der Waals surface area contributed by atoms with Gasteiger partial charge >= 0.3 is 0 Å². The summed E-state index contributed by atoms with van der Waals surface area (Å²) < 4.78 is 0. The number of fused-ring (bicyclic) bond motifs is 25. The van der Waals surface area contributed by atoms with Gasteiger partial charge in [-0.2, -0.15) is 0 Å². The summed E-state index contributed by atoms with van der Waals surface area (Å²) >= 11 is 0. The van der Waals surface area contributed by atoms with E-state index in [4.69, 9.17) is 0 Å². The van der Waals surface area contributed by atoms with Crippen LogP contribution in [0, 0.1) is 0 Å². The van der Waals surface area contributed by atoms with Crippen molar-refractivity contribution in [2.45, 2.75) is 105 Å². The summed E-state index contributed by atoms with van der Waals surface area (Å²) in [5, 5.41) is 29.2. The van der Waals surface area contributed by atoms with E-state index in [1.807, 2.05) is 0 Å². The van der Waals surface area contributed by atoms with E-state index in [9.17, 15) is 0 Å². The van der Waals surface area contributed by atoms with Crippen LogP contribution in [-0.2, 0) is 21.7 Å². The molecule has 12 aromatic rings. The molecule has 0 saturated heterocycles. The summed E-state index contributed by atoms with van der Waals surface area (Å²) in [6.45, 7) is 28.1. The first kappa shape index (κ1) is 41.0. The zero-order valence-electron chi connectivity index (χ0n) is 40.9. The highest BCUT2D eigenvalue weighted by Crippen LogP contribution is 2.54. The molecule has 0 saturated carbocycles. The SMILES string of the molecule is CC(C)(C)c1ccc2ccc3c(c2c1)c1ccccc1c1c3c2cc(C(C)(C)C)ccc2c2c3c4ccccc4c4c5cc(C(C)(C)C)ccc5ccc4c3c3cc(C(C)(C)C)ccc3c12. The summed E-state index contributed by atoms with van der Waals surface area (Å²) in [6, 6.07) is 57.6. The molecule has 0 heteroatoms. The average Bonchev–Trinajstić information content (AvgIpc) is 3.28. The smallest absolute Gasteiger partial charge is 0.000718 e. The fourth-order valence-corrected chi connectivity index (χ4v) is 11.7. The van der Waals surface area contributed by atoms with Crippen molar-refractivity contribution in [3.05, 3.63) is 168 Å². The van der Waals surface area contributed by atoms with Gasteiger partial charge in [-0.3, -0.25) is 0 Å². The van der Waals surface area contributed by atoms with Gasteiger partial charge < -0.3 is 0 Å². The zero-order chi connectivity index (χ0) is 46.0. The molecule has 0 heterocycles. The van der Waals surface area contributed by atoms with Crippen LogP contribution in [0.1, 0.15) is 105 Å².